The maximum absolute atomic E-state index is 5.10. The zero-order valence-electron chi connectivity index (χ0n) is 15.2. The van der Waals surface area contributed by atoms with Gasteiger partial charge in [-0.05, 0) is 42.5 Å². The highest BCUT2D eigenvalue weighted by Gasteiger charge is 2.17. The van der Waals surface area contributed by atoms with Crippen molar-refractivity contribution in [2.75, 3.05) is 0 Å². The Kier molecular flexibility index (Phi) is 2.74. The zero-order chi connectivity index (χ0) is 18.1. The van der Waals surface area contributed by atoms with E-state index in [1.807, 2.05) is 6.20 Å². The lowest BCUT2D eigenvalue weighted by Crippen LogP contribution is -1.93. The van der Waals surface area contributed by atoms with Gasteiger partial charge in [-0.15, -0.1) is 0 Å². The van der Waals surface area contributed by atoms with Crippen molar-refractivity contribution in [3.05, 3.63) is 78.1 Å². The predicted octanol–water partition coefficient (Wildman–Crippen LogP) is 5.91. The molecule has 0 bridgehead atoms. The van der Waals surface area contributed by atoms with E-state index in [9.17, 15) is 0 Å². The summed E-state index contributed by atoms with van der Waals surface area (Å²) < 4.78 is 2.23. The summed E-state index contributed by atoms with van der Waals surface area (Å²) in [5.41, 5.74) is 7.94. The van der Waals surface area contributed by atoms with Gasteiger partial charge >= 0.3 is 0 Å². The molecule has 0 unspecified atom stereocenters. The van der Waals surface area contributed by atoms with Crippen molar-refractivity contribution in [3.63, 3.8) is 0 Å². The molecular formula is C24H17N3. The fourth-order valence-corrected chi connectivity index (χ4v) is 4.49. The van der Waals surface area contributed by atoms with Gasteiger partial charge in [0, 0.05) is 34.1 Å². The SMILES string of the molecule is Cc1cccc(C)c1-c1cn2c3ccnc4ccc5cccc(c5c43)c2n1. The van der Waals surface area contributed by atoms with Crippen molar-refractivity contribution in [2.45, 2.75) is 13.8 Å². The van der Waals surface area contributed by atoms with Crippen LogP contribution in [0.2, 0.25) is 0 Å². The Morgan fingerprint density at radius 3 is 2.48 bits per heavy atom. The first-order chi connectivity index (χ1) is 13.2. The molecule has 0 saturated carbocycles. The second-order valence-corrected chi connectivity index (χ2v) is 7.28. The highest BCUT2D eigenvalue weighted by molar-refractivity contribution is 6.24. The standard InChI is InChI=1S/C24H17N3/c1-14-5-3-6-15(2)21(14)19-13-27-20-11-12-25-18-10-9-16-7-4-8-17(24(27)26-19)22(16)23(18)20/h3-13H,1-2H3. The average molecular weight is 347 g/mol. The first-order valence-electron chi connectivity index (χ1n) is 9.19. The van der Waals surface area contributed by atoms with E-state index in [0.29, 0.717) is 0 Å². The highest BCUT2D eigenvalue weighted by atomic mass is 15.0. The van der Waals surface area contributed by atoms with Gasteiger partial charge < -0.3 is 0 Å². The van der Waals surface area contributed by atoms with Crippen molar-refractivity contribution < 1.29 is 0 Å². The number of aryl methyl sites for hydroxylation is 2. The zero-order valence-corrected chi connectivity index (χ0v) is 15.2. The van der Waals surface area contributed by atoms with E-state index in [-0.39, 0.29) is 0 Å². The van der Waals surface area contributed by atoms with Gasteiger partial charge in [0.05, 0.1) is 16.7 Å². The normalized spacial score (nSPS) is 12.1. The molecule has 6 aromatic rings. The third kappa shape index (κ3) is 1.86. The van der Waals surface area contributed by atoms with Crippen LogP contribution in [0.4, 0.5) is 0 Å². The second kappa shape index (κ2) is 5.04. The van der Waals surface area contributed by atoms with E-state index < -0.39 is 0 Å². The van der Waals surface area contributed by atoms with Crippen LogP contribution in [-0.2, 0) is 0 Å². The molecule has 0 aliphatic rings. The average Bonchev–Trinajstić information content (AvgIpc) is 3.12. The molecule has 3 nitrogen and oxygen atoms in total. The number of pyridine rings is 2. The van der Waals surface area contributed by atoms with Crippen LogP contribution in [0.3, 0.4) is 0 Å². The molecule has 0 atom stereocenters. The van der Waals surface area contributed by atoms with Gasteiger partial charge in [-0.2, -0.15) is 0 Å². The second-order valence-electron chi connectivity index (χ2n) is 7.28. The summed E-state index contributed by atoms with van der Waals surface area (Å²) in [6.45, 7) is 4.31. The largest absolute Gasteiger partial charge is 0.298 e. The van der Waals surface area contributed by atoms with Gasteiger partial charge in [0.1, 0.15) is 5.65 Å². The summed E-state index contributed by atoms with van der Waals surface area (Å²) in [4.78, 5) is 9.70. The molecule has 0 saturated heterocycles. The fourth-order valence-electron chi connectivity index (χ4n) is 4.49. The minimum atomic E-state index is 1.00. The van der Waals surface area contributed by atoms with Crippen LogP contribution in [0.1, 0.15) is 11.1 Å². The topological polar surface area (TPSA) is 30.2 Å². The first kappa shape index (κ1) is 14.7. The molecular weight excluding hydrogens is 330 g/mol. The number of rotatable bonds is 1. The minimum Gasteiger partial charge on any atom is -0.298 e. The van der Waals surface area contributed by atoms with Gasteiger partial charge in [-0.3, -0.25) is 9.38 Å². The molecule has 27 heavy (non-hydrogen) atoms. The van der Waals surface area contributed by atoms with Gasteiger partial charge in [0.15, 0.2) is 0 Å². The Bertz CT molecular complexity index is 1380. The number of hydrogen-bond acceptors (Lipinski definition) is 2. The van der Waals surface area contributed by atoms with Crippen LogP contribution in [0.15, 0.2) is 67.0 Å². The molecule has 3 aromatic carbocycles. The highest BCUT2D eigenvalue weighted by Crippen LogP contribution is 2.37. The molecule has 0 aliphatic carbocycles. The Morgan fingerprint density at radius 1 is 0.815 bits per heavy atom. The van der Waals surface area contributed by atoms with E-state index in [2.05, 4.69) is 84.0 Å². The number of benzene rings is 3. The molecule has 0 N–H and O–H groups in total. The maximum Gasteiger partial charge on any atom is 0.145 e. The third-order valence-electron chi connectivity index (χ3n) is 5.67. The maximum atomic E-state index is 5.10. The van der Waals surface area contributed by atoms with Gasteiger partial charge in [-0.1, -0.05) is 42.5 Å². The number of nitrogens with zero attached hydrogens (tertiary/aromatic N) is 3. The van der Waals surface area contributed by atoms with Crippen LogP contribution in [0, 0.1) is 13.8 Å². The lowest BCUT2D eigenvalue weighted by molar-refractivity contribution is 1.26. The van der Waals surface area contributed by atoms with Crippen molar-refractivity contribution in [1.82, 2.24) is 14.4 Å². The smallest absolute Gasteiger partial charge is 0.145 e. The number of imidazole rings is 1. The van der Waals surface area contributed by atoms with E-state index in [1.165, 1.54) is 38.2 Å². The van der Waals surface area contributed by atoms with Gasteiger partial charge in [-0.25, -0.2) is 4.98 Å². The molecule has 0 amide bonds. The number of aromatic nitrogens is 3. The van der Waals surface area contributed by atoms with Crippen LogP contribution in [0.25, 0.3) is 49.5 Å². The summed E-state index contributed by atoms with van der Waals surface area (Å²) in [5.74, 6) is 0. The summed E-state index contributed by atoms with van der Waals surface area (Å²) in [7, 11) is 0. The van der Waals surface area contributed by atoms with Crippen LogP contribution >= 0.6 is 0 Å². The monoisotopic (exact) mass is 347 g/mol. The van der Waals surface area contributed by atoms with Crippen molar-refractivity contribution >= 4 is 38.2 Å². The molecule has 6 rings (SSSR count). The van der Waals surface area contributed by atoms with Crippen LogP contribution < -0.4 is 0 Å². The Morgan fingerprint density at radius 2 is 1.63 bits per heavy atom. The van der Waals surface area contributed by atoms with Gasteiger partial charge in [0.25, 0.3) is 0 Å². The summed E-state index contributed by atoms with van der Waals surface area (Å²) in [5, 5.41) is 4.88. The first-order valence-corrected chi connectivity index (χ1v) is 9.19. The van der Waals surface area contributed by atoms with Crippen molar-refractivity contribution in [2.24, 2.45) is 0 Å². The lowest BCUT2D eigenvalue weighted by atomic mass is 10.00. The number of fused-ring (bicyclic) bond motifs is 3. The summed E-state index contributed by atoms with van der Waals surface area (Å²) >= 11 is 0. The molecule has 3 aromatic heterocycles. The molecule has 128 valence electrons. The Hall–Kier alpha value is -3.46. The van der Waals surface area contributed by atoms with E-state index >= 15 is 0 Å². The van der Waals surface area contributed by atoms with E-state index in [1.54, 1.807) is 0 Å². The quantitative estimate of drug-likeness (QED) is 0.346. The van der Waals surface area contributed by atoms with Crippen LogP contribution in [-0.4, -0.2) is 14.4 Å². The van der Waals surface area contributed by atoms with Crippen LogP contribution in [0.5, 0.6) is 0 Å². The summed E-state index contributed by atoms with van der Waals surface area (Å²) in [6, 6.07) is 19.2. The minimum absolute atomic E-state index is 1.00. The molecule has 0 fully saturated rings. The molecule has 0 spiro atoms. The molecule has 0 radical (unpaired) electrons. The molecule has 3 heterocycles. The lowest BCUT2D eigenvalue weighted by Gasteiger charge is -2.11. The van der Waals surface area contributed by atoms with Gasteiger partial charge in [0.2, 0.25) is 0 Å². The van der Waals surface area contributed by atoms with E-state index in [4.69, 9.17) is 4.98 Å². The fraction of sp³-hybridized carbons (Fsp3) is 0.0833. The Balaban J connectivity index is 1.87. The van der Waals surface area contributed by atoms with Crippen molar-refractivity contribution in [3.8, 4) is 11.3 Å². The number of hydrogen-bond donors (Lipinski definition) is 0. The third-order valence-corrected chi connectivity index (χ3v) is 5.67. The summed E-state index contributed by atoms with van der Waals surface area (Å²) in [6.07, 6.45) is 4.06. The van der Waals surface area contributed by atoms with Crippen molar-refractivity contribution in [1.29, 1.82) is 0 Å². The Labute approximate surface area is 156 Å². The predicted molar refractivity (Wildman–Crippen MR) is 112 cm³/mol. The molecule has 0 aliphatic heterocycles. The van der Waals surface area contributed by atoms with E-state index in [0.717, 1.165) is 22.4 Å². The molecule has 3 heteroatoms.